The molecule has 0 spiro atoms. The quantitative estimate of drug-likeness (QED) is 0.891. The van der Waals surface area contributed by atoms with E-state index in [1.165, 1.54) is 17.7 Å². The van der Waals surface area contributed by atoms with Gasteiger partial charge in [-0.2, -0.15) is 0 Å². The molecule has 0 unspecified atom stereocenters. The van der Waals surface area contributed by atoms with Gasteiger partial charge >= 0.3 is 5.97 Å². The second-order valence-electron chi connectivity index (χ2n) is 6.50. The van der Waals surface area contributed by atoms with Crippen LogP contribution in [0.1, 0.15) is 68.8 Å². The Labute approximate surface area is 121 Å². The number of unbranched alkanes of at least 4 members (excludes halogenated alkanes) is 1. The maximum Gasteiger partial charge on any atom is 0.335 e. The van der Waals surface area contributed by atoms with Gasteiger partial charge in [0.05, 0.1) is 5.56 Å². The highest BCUT2D eigenvalue weighted by Gasteiger charge is 2.36. The summed E-state index contributed by atoms with van der Waals surface area (Å²) in [7, 11) is 0. The van der Waals surface area contributed by atoms with E-state index in [2.05, 4.69) is 32.6 Å². The zero-order valence-electron chi connectivity index (χ0n) is 12.9. The van der Waals surface area contributed by atoms with E-state index in [9.17, 15) is 4.79 Å². The van der Waals surface area contributed by atoms with Crippen molar-refractivity contribution < 1.29 is 9.90 Å². The summed E-state index contributed by atoms with van der Waals surface area (Å²) in [5.41, 5.74) is 2.92. The van der Waals surface area contributed by atoms with Crippen molar-refractivity contribution in [1.29, 1.82) is 0 Å². The van der Waals surface area contributed by atoms with E-state index < -0.39 is 5.97 Å². The molecule has 0 saturated heterocycles. The molecule has 1 heterocycles. The number of anilines is 1. The van der Waals surface area contributed by atoms with Gasteiger partial charge < -0.3 is 10.0 Å². The van der Waals surface area contributed by atoms with Crippen LogP contribution in [0.5, 0.6) is 0 Å². The molecule has 110 valence electrons. The summed E-state index contributed by atoms with van der Waals surface area (Å²) in [6.07, 6.45) is 3.40. The minimum atomic E-state index is -0.843. The third kappa shape index (κ3) is 2.67. The smallest absolute Gasteiger partial charge is 0.335 e. The Morgan fingerprint density at radius 2 is 2.15 bits per heavy atom. The van der Waals surface area contributed by atoms with Crippen molar-refractivity contribution in [2.45, 2.75) is 58.4 Å². The zero-order valence-corrected chi connectivity index (χ0v) is 12.9. The molecule has 0 bridgehead atoms. The highest BCUT2D eigenvalue weighted by atomic mass is 16.4. The maximum atomic E-state index is 11.2. The number of nitrogens with zero attached hydrogens (tertiary/aromatic N) is 1. The summed E-state index contributed by atoms with van der Waals surface area (Å²) in [5, 5.41) is 9.17. The molecule has 0 aromatic heterocycles. The zero-order chi connectivity index (χ0) is 14.9. The Kier molecular flexibility index (Phi) is 4.07. The number of carbonyl (C=O) groups is 1. The molecule has 0 fully saturated rings. The standard InChI is InChI=1S/C17H25NO2/c1-5-6-9-18-15-8-7-13(16(19)20)10-14(15)12(2)11-17(18,3)4/h7-8,10,12H,5-6,9,11H2,1-4H3,(H,19,20)/t12-/m1/s1. The lowest BCUT2D eigenvalue weighted by molar-refractivity contribution is 0.0696. The van der Waals surface area contributed by atoms with Crippen LogP contribution in [0, 0.1) is 0 Å². The number of fused-ring (bicyclic) bond motifs is 1. The van der Waals surface area contributed by atoms with Gasteiger partial charge in [-0.25, -0.2) is 4.79 Å². The van der Waals surface area contributed by atoms with Gasteiger partial charge in [-0.05, 0) is 56.4 Å². The summed E-state index contributed by atoms with van der Waals surface area (Å²) in [6, 6.07) is 5.58. The molecule has 1 aliphatic rings. The van der Waals surface area contributed by atoms with Crippen molar-refractivity contribution >= 4 is 11.7 Å². The topological polar surface area (TPSA) is 40.5 Å². The second-order valence-corrected chi connectivity index (χ2v) is 6.50. The molecule has 20 heavy (non-hydrogen) atoms. The van der Waals surface area contributed by atoms with Gasteiger partial charge in [0.15, 0.2) is 0 Å². The molecule has 2 rings (SSSR count). The van der Waals surface area contributed by atoms with E-state index in [0.717, 1.165) is 19.4 Å². The van der Waals surface area contributed by atoms with Gasteiger partial charge in [-0.1, -0.05) is 20.3 Å². The number of aromatic carboxylic acids is 1. The van der Waals surface area contributed by atoms with Crippen molar-refractivity contribution in [3.8, 4) is 0 Å². The van der Waals surface area contributed by atoms with Crippen LogP contribution >= 0.6 is 0 Å². The average Bonchev–Trinajstić information content (AvgIpc) is 2.37. The average molecular weight is 275 g/mol. The highest BCUT2D eigenvalue weighted by molar-refractivity contribution is 5.88. The van der Waals surface area contributed by atoms with E-state index >= 15 is 0 Å². The lowest BCUT2D eigenvalue weighted by Crippen LogP contribution is -2.48. The van der Waals surface area contributed by atoms with Gasteiger partial charge in [0.1, 0.15) is 0 Å². The van der Waals surface area contributed by atoms with Crippen LogP contribution < -0.4 is 4.90 Å². The van der Waals surface area contributed by atoms with Crippen LogP contribution in [-0.4, -0.2) is 23.2 Å². The van der Waals surface area contributed by atoms with Crippen molar-refractivity contribution in [3.05, 3.63) is 29.3 Å². The molecule has 0 amide bonds. The number of carboxylic acid groups (broad SMARTS) is 1. The van der Waals surface area contributed by atoms with E-state index in [4.69, 9.17) is 5.11 Å². The third-order valence-electron chi connectivity index (χ3n) is 4.37. The van der Waals surface area contributed by atoms with Crippen molar-refractivity contribution in [2.24, 2.45) is 0 Å². The van der Waals surface area contributed by atoms with Crippen LogP contribution in [0.3, 0.4) is 0 Å². The molecule has 3 nitrogen and oxygen atoms in total. The van der Waals surface area contributed by atoms with Gasteiger partial charge in [0.2, 0.25) is 0 Å². The second kappa shape index (κ2) is 5.47. The van der Waals surface area contributed by atoms with Crippen molar-refractivity contribution in [2.75, 3.05) is 11.4 Å². The molecule has 1 aromatic rings. The number of rotatable bonds is 4. The van der Waals surface area contributed by atoms with Crippen LogP contribution in [-0.2, 0) is 0 Å². The molecule has 0 aliphatic carbocycles. The monoisotopic (exact) mass is 275 g/mol. The van der Waals surface area contributed by atoms with Gasteiger partial charge in [-0.15, -0.1) is 0 Å². The minimum absolute atomic E-state index is 0.131. The van der Waals surface area contributed by atoms with E-state index in [1.54, 1.807) is 6.07 Å². The number of hydrogen-bond acceptors (Lipinski definition) is 2. The Morgan fingerprint density at radius 3 is 2.75 bits per heavy atom. The number of benzene rings is 1. The maximum absolute atomic E-state index is 11.2. The van der Waals surface area contributed by atoms with E-state index in [-0.39, 0.29) is 5.54 Å². The van der Waals surface area contributed by atoms with E-state index in [0.29, 0.717) is 11.5 Å². The predicted molar refractivity (Wildman–Crippen MR) is 82.8 cm³/mol. The SMILES string of the molecule is CCCCN1c2ccc(C(=O)O)cc2[C@H](C)CC1(C)C. The first-order chi connectivity index (χ1) is 9.36. The van der Waals surface area contributed by atoms with Crippen LogP contribution in [0.2, 0.25) is 0 Å². The third-order valence-corrected chi connectivity index (χ3v) is 4.37. The molecule has 1 aliphatic heterocycles. The van der Waals surface area contributed by atoms with Crippen LogP contribution in [0.15, 0.2) is 18.2 Å². The largest absolute Gasteiger partial charge is 0.478 e. The van der Waals surface area contributed by atoms with Crippen LogP contribution in [0.25, 0.3) is 0 Å². The first kappa shape index (κ1) is 14.9. The lowest BCUT2D eigenvalue weighted by atomic mass is 9.79. The molecule has 3 heteroatoms. The first-order valence-electron chi connectivity index (χ1n) is 7.51. The predicted octanol–water partition coefficient (Wildman–Crippen LogP) is 4.28. The Hall–Kier alpha value is -1.51. The summed E-state index contributed by atoms with van der Waals surface area (Å²) < 4.78 is 0. The molecule has 0 saturated carbocycles. The molecule has 1 N–H and O–H groups in total. The minimum Gasteiger partial charge on any atom is -0.478 e. The number of hydrogen-bond donors (Lipinski definition) is 1. The van der Waals surface area contributed by atoms with E-state index in [1.807, 2.05) is 12.1 Å². The lowest BCUT2D eigenvalue weighted by Gasteiger charge is -2.47. The first-order valence-corrected chi connectivity index (χ1v) is 7.51. The van der Waals surface area contributed by atoms with Gasteiger partial charge in [0, 0.05) is 17.8 Å². The fraction of sp³-hybridized carbons (Fsp3) is 0.588. The summed E-state index contributed by atoms with van der Waals surface area (Å²) in [5.74, 6) is -0.442. The summed E-state index contributed by atoms with van der Waals surface area (Å²) >= 11 is 0. The van der Waals surface area contributed by atoms with Crippen LogP contribution in [0.4, 0.5) is 5.69 Å². The number of carboxylic acids is 1. The molecule has 1 atom stereocenters. The fourth-order valence-electron chi connectivity index (χ4n) is 3.36. The molecule has 0 radical (unpaired) electrons. The van der Waals surface area contributed by atoms with Crippen molar-refractivity contribution in [1.82, 2.24) is 0 Å². The summed E-state index contributed by atoms with van der Waals surface area (Å²) in [6.45, 7) is 10.0. The Bertz CT molecular complexity index is 508. The Morgan fingerprint density at radius 1 is 1.45 bits per heavy atom. The molecular weight excluding hydrogens is 250 g/mol. The molecule has 1 aromatic carbocycles. The van der Waals surface area contributed by atoms with Crippen molar-refractivity contribution in [3.63, 3.8) is 0 Å². The summed E-state index contributed by atoms with van der Waals surface area (Å²) in [4.78, 5) is 13.6. The highest BCUT2D eigenvalue weighted by Crippen LogP contribution is 2.43. The van der Waals surface area contributed by atoms with Gasteiger partial charge in [0.25, 0.3) is 0 Å². The molecular formula is C17H25NO2. The normalized spacial score (nSPS) is 20.6. The van der Waals surface area contributed by atoms with Gasteiger partial charge in [-0.3, -0.25) is 0 Å². The fourth-order valence-corrected chi connectivity index (χ4v) is 3.36. The Balaban J connectivity index is 2.45.